The fraction of sp³-hybridized carbons (Fsp3) is 0.500. The molecule has 0 saturated carbocycles. The van der Waals surface area contributed by atoms with Crippen LogP contribution in [0.3, 0.4) is 0 Å². The second kappa shape index (κ2) is 8.33. The van der Waals surface area contributed by atoms with Gasteiger partial charge in [-0.15, -0.1) is 0 Å². The normalized spacial score (nSPS) is 12.6. The molecule has 1 aromatic rings. The zero-order valence-electron chi connectivity index (χ0n) is 9.76. The highest BCUT2D eigenvalue weighted by Crippen LogP contribution is 2.08. The fourth-order valence-electron chi connectivity index (χ4n) is 1.22. The molecule has 0 fully saturated rings. The maximum atomic E-state index is 9.57. The lowest BCUT2D eigenvalue weighted by molar-refractivity contribution is 0.0124. The first-order valence-corrected chi connectivity index (χ1v) is 7.18. The Balaban J connectivity index is 2.08. The number of ether oxygens (including phenoxy) is 2. The van der Waals surface area contributed by atoms with Crippen molar-refractivity contribution < 1.29 is 14.6 Å². The van der Waals surface area contributed by atoms with Gasteiger partial charge in [0.15, 0.2) is 0 Å². The van der Waals surface area contributed by atoms with E-state index in [1.165, 1.54) is 16.3 Å². The monoisotopic (exact) mass is 240 g/mol. The molecule has 1 N–H and O–H groups in total. The molecule has 0 radical (unpaired) electrons. The van der Waals surface area contributed by atoms with Crippen LogP contribution in [0.15, 0.2) is 30.3 Å². The summed E-state index contributed by atoms with van der Waals surface area (Å²) in [4.78, 5) is 0. The summed E-state index contributed by atoms with van der Waals surface area (Å²) in [6.07, 6.45) is 0.549. The van der Waals surface area contributed by atoms with Crippen LogP contribution in [0.5, 0.6) is 5.75 Å². The number of aliphatic hydroxyl groups is 1. The molecule has 0 heterocycles. The minimum atomic E-state index is -0.547. The SMILES string of the molecule is OC(COCCC[SiH3])COc1ccccc1. The van der Waals surface area contributed by atoms with Crippen LogP contribution in [0.25, 0.3) is 0 Å². The van der Waals surface area contributed by atoms with Crippen LogP contribution < -0.4 is 4.74 Å². The molecule has 3 nitrogen and oxygen atoms in total. The zero-order valence-corrected chi connectivity index (χ0v) is 11.8. The highest BCUT2D eigenvalue weighted by molar-refractivity contribution is 6.08. The molecule has 90 valence electrons. The van der Waals surface area contributed by atoms with Crippen LogP contribution in [-0.4, -0.2) is 41.3 Å². The van der Waals surface area contributed by atoms with E-state index < -0.39 is 6.10 Å². The third kappa shape index (κ3) is 5.90. The van der Waals surface area contributed by atoms with Crippen molar-refractivity contribution in [3.8, 4) is 5.75 Å². The molecule has 1 rings (SSSR count). The summed E-state index contributed by atoms with van der Waals surface area (Å²) in [5, 5.41) is 9.57. The van der Waals surface area contributed by atoms with Crippen molar-refractivity contribution in [3.63, 3.8) is 0 Å². The van der Waals surface area contributed by atoms with E-state index in [0.717, 1.165) is 18.8 Å². The predicted molar refractivity (Wildman–Crippen MR) is 68.1 cm³/mol. The Bertz CT molecular complexity index is 266. The zero-order chi connectivity index (χ0) is 11.6. The Kier molecular flexibility index (Phi) is 6.88. The van der Waals surface area contributed by atoms with Gasteiger partial charge in [-0.05, 0) is 18.6 Å². The van der Waals surface area contributed by atoms with Crippen LogP contribution in [-0.2, 0) is 4.74 Å². The van der Waals surface area contributed by atoms with Crippen molar-refractivity contribution in [2.75, 3.05) is 19.8 Å². The summed E-state index contributed by atoms with van der Waals surface area (Å²) in [6, 6.07) is 10.7. The first-order valence-electron chi connectivity index (χ1n) is 5.76. The maximum Gasteiger partial charge on any atom is 0.119 e. The van der Waals surface area contributed by atoms with E-state index in [-0.39, 0.29) is 6.61 Å². The van der Waals surface area contributed by atoms with Crippen molar-refractivity contribution in [2.45, 2.75) is 18.6 Å². The van der Waals surface area contributed by atoms with E-state index in [0.29, 0.717) is 6.61 Å². The third-order valence-corrected chi connectivity index (χ3v) is 2.85. The minimum absolute atomic E-state index is 0.283. The number of rotatable bonds is 8. The highest BCUT2D eigenvalue weighted by atomic mass is 28.1. The molecular weight excluding hydrogens is 220 g/mol. The third-order valence-electron chi connectivity index (χ3n) is 2.14. The van der Waals surface area contributed by atoms with E-state index in [1.54, 1.807) is 0 Å². The lowest BCUT2D eigenvalue weighted by Crippen LogP contribution is -2.23. The minimum Gasteiger partial charge on any atom is -0.491 e. The van der Waals surface area contributed by atoms with Gasteiger partial charge in [0.1, 0.15) is 18.5 Å². The van der Waals surface area contributed by atoms with Crippen LogP contribution >= 0.6 is 0 Å². The van der Waals surface area contributed by atoms with Gasteiger partial charge in [0.05, 0.1) is 6.61 Å². The van der Waals surface area contributed by atoms with Gasteiger partial charge in [0.2, 0.25) is 0 Å². The fourth-order valence-corrected chi connectivity index (χ4v) is 1.51. The number of aliphatic hydroxyl groups excluding tert-OH is 1. The number of hydrogen-bond acceptors (Lipinski definition) is 3. The van der Waals surface area contributed by atoms with Crippen LogP contribution in [0, 0.1) is 0 Å². The van der Waals surface area contributed by atoms with E-state index >= 15 is 0 Å². The molecule has 0 aliphatic rings. The molecule has 0 aromatic heterocycles. The number of hydrogen-bond donors (Lipinski definition) is 1. The molecule has 0 spiro atoms. The van der Waals surface area contributed by atoms with Gasteiger partial charge in [0.25, 0.3) is 0 Å². The Hall–Kier alpha value is -0.843. The van der Waals surface area contributed by atoms with Crippen molar-refractivity contribution in [1.82, 2.24) is 0 Å². The van der Waals surface area contributed by atoms with Crippen LogP contribution in [0.4, 0.5) is 0 Å². The molecule has 0 aliphatic heterocycles. The average Bonchev–Trinajstić information content (AvgIpc) is 2.33. The summed E-state index contributed by atoms with van der Waals surface area (Å²) in [7, 11) is 1.22. The number of para-hydroxylation sites is 1. The molecule has 4 heteroatoms. The van der Waals surface area contributed by atoms with E-state index in [4.69, 9.17) is 9.47 Å². The molecule has 0 saturated heterocycles. The van der Waals surface area contributed by atoms with Gasteiger partial charge < -0.3 is 14.6 Å². The van der Waals surface area contributed by atoms with E-state index in [2.05, 4.69) is 0 Å². The Labute approximate surface area is 99.8 Å². The molecule has 0 aliphatic carbocycles. The van der Waals surface area contributed by atoms with E-state index in [9.17, 15) is 5.11 Å². The summed E-state index contributed by atoms with van der Waals surface area (Å²) < 4.78 is 10.7. The topological polar surface area (TPSA) is 38.7 Å². The maximum absolute atomic E-state index is 9.57. The Morgan fingerprint density at radius 3 is 2.62 bits per heavy atom. The van der Waals surface area contributed by atoms with Crippen molar-refractivity contribution in [2.24, 2.45) is 0 Å². The highest BCUT2D eigenvalue weighted by Gasteiger charge is 2.04. The smallest absolute Gasteiger partial charge is 0.119 e. The van der Waals surface area contributed by atoms with Gasteiger partial charge in [-0.1, -0.05) is 24.2 Å². The molecule has 1 aromatic carbocycles. The van der Waals surface area contributed by atoms with Crippen LogP contribution in [0.1, 0.15) is 6.42 Å². The molecule has 0 amide bonds. The summed E-state index contributed by atoms with van der Waals surface area (Å²) in [6.45, 7) is 1.38. The average molecular weight is 240 g/mol. The van der Waals surface area contributed by atoms with Gasteiger partial charge in [0, 0.05) is 16.8 Å². The first-order chi connectivity index (χ1) is 7.83. The van der Waals surface area contributed by atoms with Crippen molar-refractivity contribution >= 4 is 10.2 Å². The summed E-state index contributed by atoms with van der Waals surface area (Å²) >= 11 is 0. The van der Waals surface area contributed by atoms with Gasteiger partial charge in [-0.2, -0.15) is 0 Å². The van der Waals surface area contributed by atoms with Crippen LogP contribution in [0.2, 0.25) is 6.04 Å². The molecule has 1 atom stereocenters. The summed E-state index contributed by atoms with van der Waals surface area (Å²) in [5.41, 5.74) is 0. The summed E-state index contributed by atoms with van der Waals surface area (Å²) in [5.74, 6) is 0.779. The van der Waals surface area contributed by atoms with Gasteiger partial charge in [-0.25, -0.2) is 0 Å². The van der Waals surface area contributed by atoms with Crippen molar-refractivity contribution in [1.29, 1.82) is 0 Å². The first kappa shape index (κ1) is 13.2. The number of benzene rings is 1. The standard InChI is InChI=1S/C12H20O3Si/c13-11(9-14-7-4-8-16)10-15-12-5-2-1-3-6-12/h1-3,5-6,11,13H,4,7-10H2,16H3. The largest absolute Gasteiger partial charge is 0.491 e. The molecule has 0 bridgehead atoms. The van der Waals surface area contributed by atoms with E-state index in [1.807, 2.05) is 30.3 Å². The lowest BCUT2D eigenvalue weighted by atomic mass is 10.3. The quantitative estimate of drug-likeness (QED) is 0.535. The van der Waals surface area contributed by atoms with Gasteiger partial charge >= 0.3 is 0 Å². The second-order valence-electron chi connectivity index (χ2n) is 3.71. The predicted octanol–water partition coefficient (Wildman–Crippen LogP) is 0.617. The van der Waals surface area contributed by atoms with Gasteiger partial charge in [-0.3, -0.25) is 0 Å². The van der Waals surface area contributed by atoms with Crippen molar-refractivity contribution in [3.05, 3.63) is 30.3 Å². The second-order valence-corrected chi connectivity index (χ2v) is 4.71. The molecular formula is C12H20O3Si. The Morgan fingerprint density at radius 1 is 1.19 bits per heavy atom. The molecule has 1 unspecified atom stereocenters. The molecule has 16 heavy (non-hydrogen) atoms. The Morgan fingerprint density at radius 2 is 1.94 bits per heavy atom. The lowest BCUT2D eigenvalue weighted by Gasteiger charge is -2.12.